The maximum absolute atomic E-state index is 13.0. The third-order valence-electron chi connectivity index (χ3n) is 3.25. The second-order valence-electron chi connectivity index (χ2n) is 4.80. The van der Waals surface area contributed by atoms with Crippen LogP contribution < -0.4 is 16.4 Å². The molecule has 0 aromatic carbocycles. The molecule has 0 unspecified atom stereocenters. The zero-order valence-electron chi connectivity index (χ0n) is 10.1. The van der Waals surface area contributed by atoms with Gasteiger partial charge in [0.2, 0.25) is 5.92 Å². The molecule has 1 aliphatic rings. The number of nitrogens with two attached hydrogens (primary N) is 1. The van der Waals surface area contributed by atoms with Gasteiger partial charge in [0.05, 0.1) is 0 Å². The van der Waals surface area contributed by atoms with Crippen LogP contribution >= 0.6 is 0 Å². The van der Waals surface area contributed by atoms with Gasteiger partial charge in [-0.1, -0.05) is 0 Å². The zero-order valence-corrected chi connectivity index (χ0v) is 10.1. The van der Waals surface area contributed by atoms with Crippen LogP contribution in [0.4, 0.5) is 13.6 Å². The van der Waals surface area contributed by atoms with Crippen LogP contribution in [0, 0.1) is 5.92 Å². The first kappa shape index (κ1) is 14.2. The second-order valence-corrected chi connectivity index (χ2v) is 4.80. The number of primary amides is 1. The first-order chi connectivity index (χ1) is 7.93. The Kier molecular flexibility index (Phi) is 5.11. The molecule has 4 N–H and O–H groups in total. The standard InChI is InChI=1S/C11H21F2N3O/c1-15-7-9(16-10(14)17)6-8-2-4-11(12,13)5-3-8/h8-9,15H,2-7H2,1H3,(H3,14,16,17)/t9-/m0/s1. The number of urea groups is 1. The highest BCUT2D eigenvalue weighted by Crippen LogP contribution is 2.37. The summed E-state index contributed by atoms with van der Waals surface area (Å²) in [5.41, 5.74) is 5.07. The van der Waals surface area contributed by atoms with Gasteiger partial charge in [-0.25, -0.2) is 13.6 Å². The van der Waals surface area contributed by atoms with E-state index in [1.54, 1.807) is 7.05 Å². The monoisotopic (exact) mass is 249 g/mol. The Labute approximate surface area is 100 Å². The molecule has 0 aromatic rings. The molecule has 4 nitrogen and oxygen atoms in total. The van der Waals surface area contributed by atoms with Crippen LogP contribution in [0.1, 0.15) is 32.1 Å². The second kappa shape index (κ2) is 6.14. The van der Waals surface area contributed by atoms with Crippen molar-refractivity contribution < 1.29 is 13.6 Å². The largest absolute Gasteiger partial charge is 0.352 e. The third kappa shape index (κ3) is 5.30. The molecule has 0 bridgehead atoms. The van der Waals surface area contributed by atoms with E-state index < -0.39 is 12.0 Å². The van der Waals surface area contributed by atoms with Crippen molar-refractivity contribution in [1.82, 2.24) is 10.6 Å². The number of halogens is 2. The van der Waals surface area contributed by atoms with E-state index in [2.05, 4.69) is 10.6 Å². The third-order valence-corrected chi connectivity index (χ3v) is 3.25. The van der Waals surface area contributed by atoms with Gasteiger partial charge >= 0.3 is 6.03 Å². The van der Waals surface area contributed by atoms with Gasteiger partial charge in [0.25, 0.3) is 0 Å². The molecule has 6 heteroatoms. The van der Waals surface area contributed by atoms with Gasteiger partial charge in [-0.15, -0.1) is 0 Å². The van der Waals surface area contributed by atoms with Crippen LogP contribution in [0.15, 0.2) is 0 Å². The molecule has 1 rings (SSSR count). The Morgan fingerprint density at radius 3 is 2.53 bits per heavy atom. The van der Waals surface area contributed by atoms with Crippen LogP contribution in [0.25, 0.3) is 0 Å². The molecular weight excluding hydrogens is 228 g/mol. The molecule has 1 aliphatic carbocycles. The smallest absolute Gasteiger partial charge is 0.312 e. The lowest BCUT2D eigenvalue weighted by molar-refractivity contribution is -0.0472. The Balaban J connectivity index is 2.37. The van der Waals surface area contributed by atoms with Crippen molar-refractivity contribution in [2.45, 2.75) is 44.1 Å². The van der Waals surface area contributed by atoms with E-state index in [9.17, 15) is 13.6 Å². The number of alkyl halides is 2. The minimum absolute atomic E-state index is 0.0412. The number of nitrogens with one attached hydrogen (secondary N) is 2. The van der Waals surface area contributed by atoms with E-state index in [0.717, 1.165) is 0 Å². The molecule has 17 heavy (non-hydrogen) atoms. The normalized spacial score (nSPS) is 22.1. The molecule has 0 spiro atoms. The molecule has 0 aliphatic heterocycles. The van der Waals surface area contributed by atoms with Gasteiger partial charge in [-0.2, -0.15) is 0 Å². The van der Waals surface area contributed by atoms with Gasteiger partial charge < -0.3 is 16.4 Å². The van der Waals surface area contributed by atoms with Gasteiger partial charge in [0.1, 0.15) is 0 Å². The van der Waals surface area contributed by atoms with Crippen LogP contribution in [0.5, 0.6) is 0 Å². The van der Waals surface area contributed by atoms with E-state index >= 15 is 0 Å². The predicted octanol–water partition coefficient (Wildman–Crippen LogP) is 1.46. The molecule has 0 radical (unpaired) electrons. The lowest BCUT2D eigenvalue weighted by Crippen LogP contribution is -2.45. The summed E-state index contributed by atoms with van der Waals surface area (Å²) < 4.78 is 25.9. The van der Waals surface area contributed by atoms with Gasteiger partial charge in [-0.05, 0) is 32.2 Å². The van der Waals surface area contributed by atoms with E-state index in [1.807, 2.05) is 0 Å². The van der Waals surface area contributed by atoms with E-state index in [-0.39, 0.29) is 24.8 Å². The maximum Gasteiger partial charge on any atom is 0.312 e. The summed E-state index contributed by atoms with van der Waals surface area (Å²) in [6.07, 6.45) is 1.67. The number of carbonyl (C=O) groups is 1. The summed E-state index contributed by atoms with van der Waals surface area (Å²) in [5.74, 6) is -2.24. The Morgan fingerprint density at radius 1 is 1.47 bits per heavy atom. The number of amides is 2. The molecule has 2 amide bonds. The van der Waals surface area contributed by atoms with Crippen molar-refractivity contribution in [3.63, 3.8) is 0 Å². The van der Waals surface area contributed by atoms with Crippen molar-refractivity contribution in [2.75, 3.05) is 13.6 Å². The zero-order chi connectivity index (χ0) is 12.9. The average Bonchev–Trinajstić information content (AvgIpc) is 2.20. The first-order valence-electron chi connectivity index (χ1n) is 6.01. The number of hydrogen-bond acceptors (Lipinski definition) is 2. The van der Waals surface area contributed by atoms with E-state index in [0.29, 0.717) is 25.8 Å². The van der Waals surface area contributed by atoms with Crippen molar-refractivity contribution in [3.8, 4) is 0 Å². The quantitative estimate of drug-likeness (QED) is 0.690. The fraction of sp³-hybridized carbons (Fsp3) is 0.909. The van der Waals surface area contributed by atoms with Gasteiger partial charge in [0, 0.05) is 25.4 Å². The molecule has 1 saturated carbocycles. The fourth-order valence-corrected chi connectivity index (χ4v) is 2.38. The molecule has 0 aromatic heterocycles. The van der Waals surface area contributed by atoms with Crippen LogP contribution in [-0.4, -0.2) is 31.6 Å². The molecule has 1 atom stereocenters. The molecular formula is C11H21F2N3O. The highest BCUT2D eigenvalue weighted by molar-refractivity contribution is 5.71. The van der Waals surface area contributed by atoms with Crippen molar-refractivity contribution >= 4 is 6.03 Å². The molecule has 100 valence electrons. The van der Waals surface area contributed by atoms with Crippen molar-refractivity contribution in [3.05, 3.63) is 0 Å². The number of hydrogen-bond donors (Lipinski definition) is 3. The first-order valence-corrected chi connectivity index (χ1v) is 6.01. The van der Waals surface area contributed by atoms with E-state index in [4.69, 9.17) is 5.73 Å². The SMILES string of the molecule is CNC[C@H](CC1CCC(F)(F)CC1)NC(N)=O. The summed E-state index contributed by atoms with van der Waals surface area (Å²) in [6.45, 7) is 0.607. The molecule has 1 fully saturated rings. The average molecular weight is 249 g/mol. The topological polar surface area (TPSA) is 67.2 Å². The lowest BCUT2D eigenvalue weighted by atomic mass is 9.83. The van der Waals surface area contributed by atoms with E-state index in [1.165, 1.54) is 0 Å². The summed E-state index contributed by atoms with van der Waals surface area (Å²) in [6, 6.07) is -0.638. The number of rotatable bonds is 5. The Bertz CT molecular complexity index is 251. The van der Waals surface area contributed by atoms with Gasteiger partial charge in [-0.3, -0.25) is 0 Å². The van der Waals surface area contributed by atoms with Crippen LogP contribution in [0.2, 0.25) is 0 Å². The van der Waals surface area contributed by atoms with Crippen molar-refractivity contribution in [1.29, 1.82) is 0 Å². The van der Waals surface area contributed by atoms with Crippen LogP contribution in [0.3, 0.4) is 0 Å². The summed E-state index contributed by atoms with van der Waals surface area (Å²) in [7, 11) is 1.78. The molecule has 0 heterocycles. The summed E-state index contributed by atoms with van der Waals surface area (Å²) in [5, 5.41) is 5.60. The molecule has 0 saturated heterocycles. The maximum atomic E-state index is 13.0. The Morgan fingerprint density at radius 2 is 2.06 bits per heavy atom. The summed E-state index contributed by atoms with van der Waals surface area (Å²) in [4.78, 5) is 10.8. The van der Waals surface area contributed by atoms with Crippen molar-refractivity contribution in [2.24, 2.45) is 11.7 Å². The lowest BCUT2D eigenvalue weighted by Gasteiger charge is -2.30. The minimum Gasteiger partial charge on any atom is -0.352 e. The van der Waals surface area contributed by atoms with Gasteiger partial charge in [0.15, 0.2) is 0 Å². The minimum atomic E-state index is -2.49. The number of carbonyl (C=O) groups excluding carboxylic acids is 1. The Hall–Kier alpha value is -0.910. The highest BCUT2D eigenvalue weighted by Gasteiger charge is 2.35. The summed E-state index contributed by atoms with van der Waals surface area (Å²) >= 11 is 0. The predicted molar refractivity (Wildman–Crippen MR) is 62.0 cm³/mol. The highest BCUT2D eigenvalue weighted by atomic mass is 19.3. The van der Waals surface area contributed by atoms with Crippen LogP contribution in [-0.2, 0) is 0 Å². The fourth-order valence-electron chi connectivity index (χ4n) is 2.38. The number of likely N-dealkylation sites (N-methyl/N-ethyl adjacent to an activating group) is 1.